The van der Waals surface area contributed by atoms with Gasteiger partial charge in [-0.05, 0) is 92.4 Å². The molecule has 0 aromatic heterocycles. The molecule has 0 heterocycles. The Labute approximate surface area is 156 Å². The van der Waals surface area contributed by atoms with E-state index in [0.29, 0.717) is 36.6 Å². The molecule has 3 fully saturated rings. The summed E-state index contributed by atoms with van der Waals surface area (Å²) in [6.07, 6.45) is 9.30. The first-order valence-electron chi connectivity index (χ1n) is 10.6. The SMILES string of the molecule is C[C@]12CC[C@@H]3c4ccc(OC5CCCC5)cc4C[C@@H](O)[C@H]3[C@@H]1CCC2=O. The van der Waals surface area contributed by atoms with E-state index >= 15 is 0 Å². The molecule has 1 aromatic carbocycles. The summed E-state index contributed by atoms with van der Waals surface area (Å²) in [5.41, 5.74) is 2.48. The number of fused-ring (bicyclic) bond motifs is 5. The highest BCUT2D eigenvalue weighted by atomic mass is 16.5. The van der Waals surface area contributed by atoms with Gasteiger partial charge in [0.25, 0.3) is 0 Å². The van der Waals surface area contributed by atoms with Gasteiger partial charge in [0.15, 0.2) is 0 Å². The molecule has 26 heavy (non-hydrogen) atoms. The molecular formula is C23H30O3. The zero-order valence-corrected chi connectivity index (χ0v) is 15.7. The van der Waals surface area contributed by atoms with Crippen molar-refractivity contribution >= 4 is 5.78 Å². The molecule has 5 rings (SSSR count). The zero-order chi connectivity index (χ0) is 17.9. The van der Waals surface area contributed by atoms with Crippen LogP contribution in [-0.2, 0) is 11.2 Å². The van der Waals surface area contributed by atoms with E-state index in [1.807, 2.05) is 0 Å². The van der Waals surface area contributed by atoms with Crippen molar-refractivity contribution in [2.24, 2.45) is 17.3 Å². The molecule has 140 valence electrons. The molecule has 0 amide bonds. The van der Waals surface area contributed by atoms with Crippen LogP contribution in [0.4, 0.5) is 0 Å². The lowest BCUT2D eigenvalue weighted by Gasteiger charge is -2.50. The third-order valence-electron chi connectivity index (χ3n) is 8.03. The number of Topliss-reactive ketones (excluding diaryl/α,β-unsaturated/α-hetero) is 1. The fraction of sp³-hybridized carbons (Fsp3) is 0.696. The standard InChI is InChI=1S/C23H30O3/c1-23-11-10-18-17-7-6-16(26-15-4-2-3-5-15)12-14(17)13-20(24)22(18)19(23)8-9-21(23)25/h6-7,12,15,18-20,22,24H,2-5,8-11,13H2,1H3/t18-,19+,20-,22-,23+/m1/s1. The van der Waals surface area contributed by atoms with Gasteiger partial charge in [0.2, 0.25) is 0 Å². The van der Waals surface area contributed by atoms with Crippen LogP contribution in [0.2, 0.25) is 0 Å². The number of ether oxygens (including phenoxy) is 1. The van der Waals surface area contributed by atoms with Crippen molar-refractivity contribution in [2.45, 2.75) is 82.8 Å². The topological polar surface area (TPSA) is 46.5 Å². The van der Waals surface area contributed by atoms with Crippen LogP contribution in [0, 0.1) is 17.3 Å². The Morgan fingerprint density at radius 2 is 1.96 bits per heavy atom. The van der Waals surface area contributed by atoms with Gasteiger partial charge >= 0.3 is 0 Å². The monoisotopic (exact) mass is 354 g/mol. The molecular weight excluding hydrogens is 324 g/mol. The zero-order valence-electron chi connectivity index (χ0n) is 15.7. The van der Waals surface area contributed by atoms with Gasteiger partial charge in [-0.15, -0.1) is 0 Å². The second-order valence-electron chi connectivity index (χ2n) is 9.36. The highest BCUT2D eigenvalue weighted by Gasteiger charge is 2.56. The Bertz CT molecular complexity index is 720. The summed E-state index contributed by atoms with van der Waals surface area (Å²) in [5, 5.41) is 11.0. The maximum Gasteiger partial charge on any atom is 0.139 e. The highest BCUT2D eigenvalue weighted by Crippen LogP contribution is 2.59. The first-order chi connectivity index (χ1) is 12.6. The summed E-state index contributed by atoms with van der Waals surface area (Å²) in [7, 11) is 0. The molecule has 4 aliphatic carbocycles. The van der Waals surface area contributed by atoms with E-state index in [0.717, 1.165) is 25.0 Å². The van der Waals surface area contributed by atoms with Crippen LogP contribution in [-0.4, -0.2) is 23.1 Å². The van der Waals surface area contributed by atoms with E-state index in [9.17, 15) is 9.90 Å². The third-order valence-corrected chi connectivity index (χ3v) is 8.03. The lowest BCUT2D eigenvalue weighted by Crippen LogP contribution is -2.48. The maximum atomic E-state index is 12.5. The van der Waals surface area contributed by atoms with E-state index in [4.69, 9.17) is 4.74 Å². The number of carbonyl (C=O) groups excluding carboxylic acids is 1. The number of aliphatic hydroxyl groups excluding tert-OH is 1. The van der Waals surface area contributed by atoms with Crippen molar-refractivity contribution in [1.29, 1.82) is 0 Å². The number of rotatable bonds is 2. The summed E-state index contributed by atoms with van der Waals surface area (Å²) in [4.78, 5) is 12.5. The quantitative estimate of drug-likeness (QED) is 0.856. The summed E-state index contributed by atoms with van der Waals surface area (Å²) < 4.78 is 6.19. The van der Waals surface area contributed by atoms with E-state index in [-0.39, 0.29) is 17.4 Å². The second kappa shape index (κ2) is 6.09. The van der Waals surface area contributed by atoms with Crippen molar-refractivity contribution in [2.75, 3.05) is 0 Å². The highest BCUT2D eigenvalue weighted by molar-refractivity contribution is 5.87. The molecule has 5 atom stereocenters. The molecule has 0 bridgehead atoms. The van der Waals surface area contributed by atoms with Crippen LogP contribution in [0.3, 0.4) is 0 Å². The first-order valence-corrected chi connectivity index (χ1v) is 10.6. The van der Waals surface area contributed by atoms with E-state index in [2.05, 4.69) is 25.1 Å². The lowest BCUT2D eigenvalue weighted by molar-refractivity contribution is -0.131. The Hall–Kier alpha value is -1.35. The predicted octanol–water partition coefficient (Wildman–Crippen LogP) is 4.40. The number of hydrogen-bond donors (Lipinski definition) is 1. The minimum Gasteiger partial charge on any atom is -0.490 e. The minimum atomic E-state index is -0.329. The summed E-state index contributed by atoms with van der Waals surface area (Å²) >= 11 is 0. The van der Waals surface area contributed by atoms with Crippen molar-refractivity contribution < 1.29 is 14.6 Å². The van der Waals surface area contributed by atoms with Gasteiger partial charge in [-0.2, -0.15) is 0 Å². The van der Waals surface area contributed by atoms with Gasteiger partial charge in [-0.3, -0.25) is 4.79 Å². The lowest BCUT2D eigenvalue weighted by atomic mass is 9.55. The fourth-order valence-corrected chi connectivity index (χ4v) is 6.62. The summed E-state index contributed by atoms with van der Waals surface area (Å²) in [6, 6.07) is 6.57. The number of benzene rings is 1. The Kier molecular flexibility index (Phi) is 3.93. The minimum absolute atomic E-state index is 0.189. The van der Waals surface area contributed by atoms with Crippen LogP contribution in [0.15, 0.2) is 18.2 Å². The molecule has 4 aliphatic rings. The number of ketones is 1. The molecule has 3 heteroatoms. The Balaban J connectivity index is 1.43. The van der Waals surface area contributed by atoms with Crippen molar-refractivity contribution in [3.8, 4) is 5.75 Å². The molecule has 0 radical (unpaired) electrons. The molecule has 1 aromatic rings. The molecule has 0 saturated heterocycles. The average molecular weight is 354 g/mol. The number of carbonyl (C=O) groups is 1. The predicted molar refractivity (Wildman–Crippen MR) is 100 cm³/mol. The van der Waals surface area contributed by atoms with Gasteiger partial charge in [0.1, 0.15) is 11.5 Å². The van der Waals surface area contributed by atoms with Gasteiger partial charge in [-0.1, -0.05) is 13.0 Å². The largest absolute Gasteiger partial charge is 0.490 e. The van der Waals surface area contributed by atoms with Crippen LogP contribution in [0.5, 0.6) is 5.75 Å². The van der Waals surface area contributed by atoms with Gasteiger partial charge in [0, 0.05) is 11.8 Å². The molecule has 1 N–H and O–H groups in total. The maximum absolute atomic E-state index is 12.5. The molecule has 3 saturated carbocycles. The summed E-state index contributed by atoms with van der Waals surface area (Å²) in [5.74, 6) is 2.40. The van der Waals surface area contributed by atoms with E-state index in [1.165, 1.54) is 36.8 Å². The van der Waals surface area contributed by atoms with Gasteiger partial charge < -0.3 is 9.84 Å². The molecule has 0 aliphatic heterocycles. The number of aliphatic hydroxyl groups is 1. The Morgan fingerprint density at radius 1 is 1.15 bits per heavy atom. The van der Waals surface area contributed by atoms with Crippen molar-refractivity contribution in [3.05, 3.63) is 29.3 Å². The second-order valence-corrected chi connectivity index (χ2v) is 9.36. The molecule has 3 nitrogen and oxygen atoms in total. The van der Waals surface area contributed by atoms with Gasteiger partial charge in [0.05, 0.1) is 12.2 Å². The normalized spacial score (nSPS) is 39.4. The van der Waals surface area contributed by atoms with E-state index < -0.39 is 0 Å². The van der Waals surface area contributed by atoms with Gasteiger partial charge in [-0.25, -0.2) is 0 Å². The number of hydrogen-bond acceptors (Lipinski definition) is 3. The molecule has 0 unspecified atom stereocenters. The first kappa shape index (κ1) is 16.8. The third kappa shape index (κ3) is 2.46. The van der Waals surface area contributed by atoms with Crippen LogP contribution in [0.1, 0.15) is 75.3 Å². The Morgan fingerprint density at radius 3 is 2.77 bits per heavy atom. The summed E-state index contributed by atoms with van der Waals surface area (Å²) in [6.45, 7) is 2.16. The smallest absolute Gasteiger partial charge is 0.139 e. The van der Waals surface area contributed by atoms with E-state index in [1.54, 1.807) is 0 Å². The van der Waals surface area contributed by atoms with Crippen LogP contribution in [0.25, 0.3) is 0 Å². The average Bonchev–Trinajstić information content (AvgIpc) is 3.23. The van der Waals surface area contributed by atoms with Crippen LogP contribution < -0.4 is 4.74 Å². The van der Waals surface area contributed by atoms with Crippen LogP contribution >= 0.6 is 0 Å². The van der Waals surface area contributed by atoms with Crippen molar-refractivity contribution in [3.63, 3.8) is 0 Å². The fourth-order valence-electron chi connectivity index (χ4n) is 6.62. The molecule has 0 spiro atoms. The van der Waals surface area contributed by atoms with Crippen molar-refractivity contribution in [1.82, 2.24) is 0 Å².